The summed E-state index contributed by atoms with van der Waals surface area (Å²) < 4.78 is 2.04. The molecule has 2 atom stereocenters. The van der Waals surface area contributed by atoms with Gasteiger partial charge in [0.05, 0.1) is 12.2 Å². The van der Waals surface area contributed by atoms with Gasteiger partial charge in [-0.25, -0.2) is 4.68 Å². The Kier molecular flexibility index (Phi) is 2.98. The van der Waals surface area contributed by atoms with Crippen LogP contribution in [0.3, 0.4) is 0 Å². The van der Waals surface area contributed by atoms with Crippen molar-refractivity contribution in [1.82, 2.24) is 9.78 Å². The van der Waals surface area contributed by atoms with Crippen molar-refractivity contribution in [2.24, 2.45) is 5.92 Å². The topological polar surface area (TPSA) is 43.8 Å². The zero-order chi connectivity index (χ0) is 10.8. The number of aromatic nitrogens is 2. The summed E-state index contributed by atoms with van der Waals surface area (Å²) in [4.78, 5) is 0. The Morgan fingerprint density at radius 2 is 2.33 bits per heavy atom. The van der Waals surface area contributed by atoms with Gasteiger partial charge in [0.2, 0.25) is 0 Å². The molecule has 2 rings (SSSR count). The lowest BCUT2D eigenvalue weighted by Crippen LogP contribution is -2.21. The van der Waals surface area contributed by atoms with Crippen molar-refractivity contribution in [2.75, 3.05) is 5.73 Å². The first-order valence-corrected chi connectivity index (χ1v) is 6.02. The minimum atomic E-state index is 0.539. The van der Waals surface area contributed by atoms with E-state index in [1.807, 2.05) is 17.8 Å². The van der Waals surface area contributed by atoms with Gasteiger partial charge in [0.15, 0.2) is 0 Å². The summed E-state index contributed by atoms with van der Waals surface area (Å²) in [5, 5.41) is 4.40. The maximum absolute atomic E-state index is 6.02. The maximum atomic E-state index is 6.02. The standard InChI is InChI=1S/C12H21N3/c1-3-10-5-4-6-11(7-10)15-12(13)9(2)8-14-15/h8,10-11H,3-7,13H2,1-2H3. The second-order valence-electron chi connectivity index (χ2n) is 4.75. The molecule has 2 N–H and O–H groups in total. The van der Waals surface area contributed by atoms with Gasteiger partial charge >= 0.3 is 0 Å². The molecule has 2 unspecified atom stereocenters. The molecule has 0 radical (unpaired) electrons. The summed E-state index contributed by atoms with van der Waals surface area (Å²) in [5.74, 6) is 1.73. The molecule has 84 valence electrons. The Hall–Kier alpha value is -0.990. The molecule has 1 heterocycles. The van der Waals surface area contributed by atoms with E-state index in [4.69, 9.17) is 5.73 Å². The van der Waals surface area contributed by atoms with E-state index in [2.05, 4.69) is 12.0 Å². The van der Waals surface area contributed by atoms with Crippen molar-refractivity contribution >= 4 is 5.82 Å². The lowest BCUT2D eigenvalue weighted by atomic mass is 9.84. The van der Waals surface area contributed by atoms with Crippen LogP contribution in [-0.2, 0) is 0 Å². The van der Waals surface area contributed by atoms with Gasteiger partial charge in [-0.15, -0.1) is 0 Å². The fraction of sp³-hybridized carbons (Fsp3) is 0.750. The van der Waals surface area contributed by atoms with Crippen LogP contribution >= 0.6 is 0 Å². The number of nitrogen functional groups attached to an aromatic ring is 1. The molecule has 3 heteroatoms. The normalized spacial score (nSPS) is 26.8. The van der Waals surface area contributed by atoms with Gasteiger partial charge in [-0.2, -0.15) is 5.10 Å². The Bertz CT molecular complexity index is 330. The summed E-state index contributed by atoms with van der Waals surface area (Å²) in [5.41, 5.74) is 7.13. The third kappa shape index (κ3) is 2.01. The quantitative estimate of drug-likeness (QED) is 0.810. The van der Waals surface area contributed by atoms with Gasteiger partial charge in [0.25, 0.3) is 0 Å². The lowest BCUT2D eigenvalue weighted by Gasteiger charge is -2.29. The molecule has 0 aliphatic heterocycles. The summed E-state index contributed by atoms with van der Waals surface area (Å²) in [6.07, 6.45) is 8.36. The number of aryl methyl sites for hydroxylation is 1. The highest BCUT2D eigenvalue weighted by molar-refractivity contribution is 5.37. The van der Waals surface area contributed by atoms with Gasteiger partial charge in [-0.05, 0) is 25.7 Å². The van der Waals surface area contributed by atoms with E-state index in [-0.39, 0.29) is 0 Å². The van der Waals surface area contributed by atoms with Gasteiger partial charge in [0, 0.05) is 5.56 Å². The predicted molar refractivity (Wildman–Crippen MR) is 62.7 cm³/mol. The largest absolute Gasteiger partial charge is 0.384 e. The monoisotopic (exact) mass is 207 g/mol. The molecular weight excluding hydrogens is 186 g/mol. The van der Waals surface area contributed by atoms with Crippen LogP contribution in [0.15, 0.2) is 6.20 Å². The molecule has 0 saturated heterocycles. The van der Waals surface area contributed by atoms with Crippen molar-refractivity contribution in [3.05, 3.63) is 11.8 Å². The number of hydrogen-bond donors (Lipinski definition) is 1. The van der Waals surface area contributed by atoms with Crippen LogP contribution in [0.2, 0.25) is 0 Å². The average molecular weight is 207 g/mol. The third-order valence-electron chi connectivity index (χ3n) is 3.70. The highest BCUT2D eigenvalue weighted by Gasteiger charge is 2.23. The number of nitrogens with two attached hydrogens (primary N) is 1. The van der Waals surface area contributed by atoms with E-state index in [1.54, 1.807) is 0 Å². The van der Waals surface area contributed by atoms with E-state index in [9.17, 15) is 0 Å². The Morgan fingerprint density at radius 1 is 1.53 bits per heavy atom. The predicted octanol–water partition coefficient (Wildman–Crippen LogP) is 2.92. The van der Waals surface area contributed by atoms with E-state index in [0.29, 0.717) is 6.04 Å². The van der Waals surface area contributed by atoms with Crippen molar-refractivity contribution in [2.45, 2.75) is 52.0 Å². The molecule has 1 fully saturated rings. The van der Waals surface area contributed by atoms with Gasteiger partial charge in [-0.3, -0.25) is 0 Å². The first kappa shape index (κ1) is 10.5. The first-order chi connectivity index (χ1) is 7.22. The number of anilines is 1. The molecule has 15 heavy (non-hydrogen) atoms. The molecule has 1 aromatic heterocycles. The maximum Gasteiger partial charge on any atom is 0.124 e. The highest BCUT2D eigenvalue weighted by atomic mass is 15.3. The third-order valence-corrected chi connectivity index (χ3v) is 3.70. The van der Waals surface area contributed by atoms with Gasteiger partial charge < -0.3 is 5.73 Å². The van der Waals surface area contributed by atoms with Crippen molar-refractivity contribution in [3.63, 3.8) is 0 Å². The van der Waals surface area contributed by atoms with E-state index in [1.165, 1.54) is 32.1 Å². The summed E-state index contributed by atoms with van der Waals surface area (Å²) in [6.45, 7) is 4.31. The number of rotatable bonds is 2. The molecule has 0 spiro atoms. The van der Waals surface area contributed by atoms with Crippen LogP contribution in [0, 0.1) is 12.8 Å². The van der Waals surface area contributed by atoms with Crippen molar-refractivity contribution in [3.8, 4) is 0 Å². The Labute approximate surface area is 91.7 Å². The first-order valence-electron chi connectivity index (χ1n) is 6.02. The number of hydrogen-bond acceptors (Lipinski definition) is 2. The Morgan fingerprint density at radius 3 is 2.93 bits per heavy atom. The van der Waals surface area contributed by atoms with Crippen LogP contribution in [-0.4, -0.2) is 9.78 Å². The van der Waals surface area contributed by atoms with Crippen LogP contribution in [0.5, 0.6) is 0 Å². The molecule has 1 aromatic rings. The summed E-state index contributed by atoms with van der Waals surface area (Å²) in [6, 6.07) is 0.539. The molecule has 3 nitrogen and oxygen atoms in total. The number of nitrogens with zero attached hydrogens (tertiary/aromatic N) is 2. The highest BCUT2D eigenvalue weighted by Crippen LogP contribution is 2.35. The van der Waals surface area contributed by atoms with E-state index >= 15 is 0 Å². The summed E-state index contributed by atoms with van der Waals surface area (Å²) in [7, 11) is 0. The van der Waals surface area contributed by atoms with Crippen LogP contribution in [0.4, 0.5) is 5.82 Å². The molecule has 0 amide bonds. The van der Waals surface area contributed by atoms with Crippen LogP contribution in [0.1, 0.15) is 50.6 Å². The van der Waals surface area contributed by atoms with Gasteiger partial charge in [-0.1, -0.05) is 26.2 Å². The second kappa shape index (κ2) is 4.25. The zero-order valence-corrected chi connectivity index (χ0v) is 9.74. The Balaban J connectivity index is 2.13. The average Bonchev–Trinajstić information content (AvgIpc) is 2.60. The minimum absolute atomic E-state index is 0.539. The fourth-order valence-corrected chi connectivity index (χ4v) is 2.60. The van der Waals surface area contributed by atoms with Crippen molar-refractivity contribution in [1.29, 1.82) is 0 Å². The molecule has 0 aromatic carbocycles. The fourth-order valence-electron chi connectivity index (χ4n) is 2.60. The zero-order valence-electron chi connectivity index (χ0n) is 9.74. The van der Waals surface area contributed by atoms with Gasteiger partial charge in [0.1, 0.15) is 5.82 Å². The molecule has 1 saturated carbocycles. The van der Waals surface area contributed by atoms with Crippen LogP contribution < -0.4 is 5.73 Å². The smallest absolute Gasteiger partial charge is 0.124 e. The second-order valence-corrected chi connectivity index (χ2v) is 4.75. The van der Waals surface area contributed by atoms with E-state index < -0.39 is 0 Å². The minimum Gasteiger partial charge on any atom is -0.384 e. The lowest BCUT2D eigenvalue weighted by molar-refractivity contribution is 0.250. The molecule has 0 bridgehead atoms. The summed E-state index contributed by atoms with van der Waals surface area (Å²) >= 11 is 0. The molecule has 1 aliphatic rings. The molecular formula is C12H21N3. The van der Waals surface area contributed by atoms with E-state index in [0.717, 1.165) is 17.3 Å². The molecule has 1 aliphatic carbocycles. The SMILES string of the molecule is CCC1CCCC(n2ncc(C)c2N)C1. The van der Waals surface area contributed by atoms with Crippen LogP contribution in [0.25, 0.3) is 0 Å². The van der Waals surface area contributed by atoms with Crippen molar-refractivity contribution < 1.29 is 0 Å².